The third-order valence-electron chi connectivity index (χ3n) is 4.72. The molecular weight excluding hydrogens is 308 g/mol. The molecule has 3 nitrogen and oxygen atoms in total. The van der Waals surface area contributed by atoms with Gasteiger partial charge in [0.2, 0.25) is 5.85 Å². The molecule has 0 fully saturated rings. The highest BCUT2D eigenvalue weighted by molar-refractivity contribution is 5.21. The number of para-hydroxylation sites is 1. The second-order valence-corrected chi connectivity index (χ2v) is 7.36. The normalized spacial score (nSPS) is 11.6. The molecule has 3 heteroatoms. The molecule has 1 rings (SSSR count). The lowest BCUT2D eigenvalue weighted by Crippen LogP contribution is -2.54. The fraction of sp³-hybridized carbons (Fsp3) is 0.727. The smallest absolute Gasteiger partial charge is 0.212 e. The zero-order chi connectivity index (χ0) is 18.2. The molecule has 0 spiro atoms. The van der Waals surface area contributed by atoms with Gasteiger partial charge in [0.15, 0.2) is 0 Å². The summed E-state index contributed by atoms with van der Waals surface area (Å²) >= 11 is 0. The molecule has 0 heterocycles. The highest BCUT2D eigenvalue weighted by Gasteiger charge is 2.20. The maximum Gasteiger partial charge on any atom is 0.212 e. The Morgan fingerprint density at radius 1 is 0.680 bits per heavy atom. The van der Waals surface area contributed by atoms with Crippen molar-refractivity contribution in [2.24, 2.45) is 11.5 Å². The molecule has 0 aliphatic rings. The largest absolute Gasteiger partial charge is 0.460 e. The minimum atomic E-state index is -1.06. The summed E-state index contributed by atoms with van der Waals surface area (Å²) in [5, 5.41) is 0. The zero-order valence-electron chi connectivity index (χ0n) is 16.3. The maximum absolute atomic E-state index is 6.04. The third-order valence-corrected chi connectivity index (χ3v) is 4.72. The molecule has 0 atom stereocenters. The van der Waals surface area contributed by atoms with Gasteiger partial charge in [0.05, 0.1) is 0 Å². The van der Waals surface area contributed by atoms with Crippen molar-refractivity contribution in [3.63, 3.8) is 0 Å². The van der Waals surface area contributed by atoms with Gasteiger partial charge in [0, 0.05) is 6.42 Å². The van der Waals surface area contributed by atoms with Gasteiger partial charge in [-0.25, -0.2) is 0 Å². The number of hydrogen-bond acceptors (Lipinski definition) is 3. The summed E-state index contributed by atoms with van der Waals surface area (Å²) in [6.45, 7) is 2.28. The Morgan fingerprint density at radius 3 is 1.60 bits per heavy atom. The molecule has 0 aromatic heterocycles. The minimum absolute atomic E-state index is 0.694. The third kappa shape index (κ3) is 12.9. The quantitative estimate of drug-likeness (QED) is 0.279. The van der Waals surface area contributed by atoms with Crippen molar-refractivity contribution in [2.45, 2.75) is 103 Å². The monoisotopic (exact) mass is 348 g/mol. The van der Waals surface area contributed by atoms with E-state index in [1.54, 1.807) is 0 Å². The average molecular weight is 349 g/mol. The minimum Gasteiger partial charge on any atom is -0.460 e. The average Bonchev–Trinajstić information content (AvgIpc) is 2.59. The Kier molecular flexibility index (Phi) is 12.4. The van der Waals surface area contributed by atoms with Crippen LogP contribution in [0.4, 0.5) is 0 Å². The summed E-state index contributed by atoms with van der Waals surface area (Å²) < 4.78 is 5.66. The Labute approximate surface area is 155 Å². The molecule has 0 saturated carbocycles. The number of rotatable bonds is 16. The van der Waals surface area contributed by atoms with E-state index in [1.807, 2.05) is 30.3 Å². The maximum atomic E-state index is 6.04. The van der Waals surface area contributed by atoms with Gasteiger partial charge < -0.3 is 4.74 Å². The lowest BCUT2D eigenvalue weighted by Gasteiger charge is -2.25. The predicted molar refractivity (Wildman–Crippen MR) is 108 cm³/mol. The van der Waals surface area contributed by atoms with Crippen molar-refractivity contribution in [2.75, 3.05) is 0 Å². The lowest BCUT2D eigenvalue weighted by molar-refractivity contribution is 0.0700. The molecule has 0 bridgehead atoms. The molecule has 0 saturated heterocycles. The second-order valence-electron chi connectivity index (χ2n) is 7.36. The summed E-state index contributed by atoms with van der Waals surface area (Å²) in [7, 11) is 0. The number of hydrogen-bond donors (Lipinski definition) is 2. The Bertz CT molecular complexity index is 406. The van der Waals surface area contributed by atoms with Crippen LogP contribution in [0, 0.1) is 0 Å². The van der Waals surface area contributed by atoms with Crippen LogP contribution < -0.4 is 16.2 Å². The zero-order valence-corrected chi connectivity index (χ0v) is 16.3. The summed E-state index contributed by atoms with van der Waals surface area (Å²) in [6, 6.07) is 9.58. The van der Waals surface area contributed by atoms with E-state index in [1.165, 1.54) is 77.0 Å². The van der Waals surface area contributed by atoms with Gasteiger partial charge in [-0.15, -0.1) is 0 Å². The van der Waals surface area contributed by atoms with Gasteiger partial charge in [-0.1, -0.05) is 102 Å². The Morgan fingerprint density at radius 2 is 1.12 bits per heavy atom. The van der Waals surface area contributed by atoms with Gasteiger partial charge in [-0.2, -0.15) is 0 Å². The molecule has 0 radical (unpaired) electrons. The first-order valence-corrected chi connectivity index (χ1v) is 10.5. The van der Waals surface area contributed by atoms with E-state index in [-0.39, 0.29) is 0 Å². The first-order valence-electron chi connectivity index (χ1n) is 10.5. The van der Waals surface area contributed by atoms with E-state index in [2.05, 4.69) is 6.92 Å². The van der Waals surface area contributed by atoms with Crippen LogP contribution in [0.3, 0.4) is 0 Å². The van der Waals surface area contributed by atoms with Crippen molar-refractivity contribution < 1.29 is 4.74 Å². The fourth-order valence-corrected chi connectivity index (χ4v) is 3.18. The van der Waals surface area contributed by atoms with Crippen LogP contribution in [-0.4, -0.2) is 5.85 Å². The molecule has 0 amide bonds. The Hall–Kier alpha value is -1.06. The summed E-state index contributed by atoms with van der Waals surface area (Å²) in [6.07, 6.45) is 18.1. The van der Waals surface area contributed by atoms with E-state index in [4.69, 9.17) is 16.2 Å². The highest BCUT2D eigenvalue weighted by atomic mass is 16.5. The van der Waals surface area contributed by atoms with Crippen LogP contribution in [0.15, 0.2) is 30.3 Å². The van der Waals surface area contributed by atoms with E-state index in [0.29, 0.717) is 6.42 Å². The van der Waals surface area contributed by atoms with Gasteiger partial charge in [-0.05, 0) is 18.6 Å². The predicted octanol–water partition coefficient (Wildman–Crippen LogP) is 6.12. The van der Waals surface area contributed by atoms with Crippen LogP contribution >= 0.6 is 0 Å². The first-order chi connectivity index (χ1) is 12.1. The van der Waals surface area contributed by atoms with Crippen molar-refractivity contribution in [1.82, 2.24) is 0 Å². The highest BCUT2D eigenvalue weighted by Crippen LogP contribution is 2.17. The molecule has 25 heavy (non-hydrogen) atoms. The van der Waals surface area contributed by atoms with E-state index in [9.17, 15) is 0 Å². The molecule has 0 aliphatic carbocycles. The number of ether oxygens (including phenoxy) is 1. The fourth-order valence-electron chi connectivity index (χ4n) is 3.18. The molecule has 0 unspecified atom stereocenters. The topological polar surface area (TPSA) is 61.3 Å². The van der Waals surface area contributed by atoms with Crippen LogP contribution in [0.2, 0.25) is 0 Å². The number of unbranched alkanes of at least 4 members (excludes halogenated alkanes) is 12. The van der Waals surface area contributed by atoms with Crippen molar-refractivity contribution in [3.8, 4) is 5.75 Å². The van der Waals surface area contributed by atoms with Crippen LogP contribution in [0.5, 0.6) is 5.75 Å². The van der Waals surface area contributed by atoms with Crippen LogP contribution in [0.25, 0.3) is 0 Å². The van der Waals surface area contributed by atoms with Crippen molar-refractivity contribution in [1.29, 1.82) is 0 Å². The SMILES string of the molecule is CCCCCCCCCCCCCCCC(N)(N)Oc1ccccc1. The van der Waals surface area contributed by atoms with Gasteiger partial charge in [-0.3, -0.25) is 11.5 Å². The van der Waals surface area contributed by atoms with Gasteiger partial charge in [0.1, 0.15) is 5.75 Å². The van der Waals surface area contributed by atoms with Gasteiger partial charge in [0.25, 0.3) is 0 Å². The molecular formula is C22H40N2O. The summed E-state index contributed by atoms with van der Waals surface area (Å²) in [5.41, 5.74) is 12.1. The molecule has 1 aromatic carbocycles. The standard InChI is InChI=1S/C22H40N2O/c1-2-3-4-5-6-7-8-9-10-11-12-13-17-20-22(23,24)25-21-18-15-14-16-19-21/h14-16,18-19H,2-13,17,20,23-24H2,1H3. The molecule has 4 N–H and O–H groups in total. The Balaban J connectivity index is 1.89. The van der Waals surface area contributed by atoms with Crippen LogP contribution in [0.1, 0.15) is 96.8 Å². The molecule has 1 aromatic rings. The molecule has 0 aliphatic heterocycles. The van der Waals surface area contributed by atoms with E-state index < -0.39 is 5.85 Å². The number of nitrogens with two attached hydrogens (primary N) is 2. The molecule has 144 valence electrons. The van der Waals surface area contributed by atoms with Crippen molar-refractivity contribution >= 4 is 0 Å². The summed E-state index contributed by atoms with van der Waals surface area (Å²) in [5.74, 6) is -0.318. The van der Waals surface area contributed by atoms with E-state index >= 15 is 0 Å². The van der Waals surface area contributed by atoms with E-state index in [0.717, 1.165) is 12.2 Å². The van der Waals surface area contributed by atoms with Gasteiger partial charge >= 0.3 is 0 Å². The van der Waals surface area contributed by atoms with Crippen LogP contribution in [-0.2, 0) is 0 Å². The summed E-state index contributed by atoms with van der Waals surface area (Å²) in [4.78, 5) is 0. The lowest BCUT2D eigenvalue weighted by atomic mass is 10.0. The first kappa shape index (κ1) is 22.0. The van der Waals surface area contributed by atoms with Crippen molar-refractivity contribution in [3.05, 3.63) is 30.3 Å². The second kappa shape index (κ2) is 14.1. The number of benzene rings is 1.